The van der Waals surface area contributed by atoms with E-state index in [0.717, 1.165) is 19.2 Å². The second-order valence-electron chi connectivity index (χ2n) is 3.87. The van der Waals surface area contributed by atoms with Crippen molar-refractivity contribution in [1.29, 1.82) is 0 Å². The molecule has 0 amide bonds. The van der Waals surface area contributed by atoms with Gasteiger partial charge >= 0.3 is 21.6 Å². The molecule has 0 saturated carbocycles. The van der Waals surface area contributed by atoms with Crippen LogP contribution in [0.4, 0.5) is 13.2 Å². The first-order chi connectivity index (χ1) is 10.5. The van der Waals surface area contributed by atoms with Crippen molar-refractivity contribution >= 4 is 21.8 Å². The van der Waals surface area contributed by atoms with Gasteiger partial charge in [0, 0.05) is 0 Å². The highest BCUT2D eigenvalue weighted by atomic mass is 32.2. The van der Waals surface area contributed by atoms with Crippen molar-refractivity contribution < 1.29 is 40.0 Å². The number of rotatable bonds is 6. The molecule has 1 heterocycles. The van der Waals surface area contributed by atoms with Crippen LogP contribution in [-0.2, 0) is 19.6 Å². The summed E-state index contributed by atoms with van der Waals surface area (Å²) >= 11 is 0. The number of ether oxygens (including phenoxy) is 2. The van der Waals surface area contributed by atoms with Gasteiger partial charge < -0.3 is 13.7 Å². The quantitative estimate of drug-likeness (QED) is 0.334. The van der Waals surface area contributed by atoms with Gasteiger partial charge in [0.2, 0.25) is 0 Å². The van der Waals surface area contributed by atoms with Crippen LogP contribution in [0.15, 0.2) is 18.7 Å². The molecular weight excluding hydrogens is 343 g/mol. The van der Waals surface area contributed by atoms with Crippen molar-refractivity contribution in [1.82, 2.24) is 4.98 Å². The molecule has 128 valence electrons. The Labute approximate surface area is 129 Å². The summed E-state index contributed by atoms with van der Waals surface area (Å²) in [7, 11) is -4.84. The Kier molecular flexibility index (Phi) is 5.59. The highest BCUT2D eigenvalue weighted by Crippen LogP contribution is 2.31. The van der Waals surface area contributed by atoms with Gasteiger partial charge in [-0.1, -0.05) is 6.58 Å². The molecule has 0 radical (unpaired) electrons. The number of hydrogen-bond acceptors (Lipinski definition) is 7. The van der Waals surface area contributed by atoms with E-state index in [1.54, 1.807) is 6.92 Å². The minimum Gasteiger partial charge on any atom is -0.492 e. The van der Waals surface area contributed by atoms with Gasteiger partial charge in [-0.3, -0.25) is 0 Å². The average Bonchev–Trinajstić information content (AvgIpc) is 2.45. The minimum absolute atomic E-state index is 0.0778. The van der Waals surface area contributed by atoms with E-state index >= 15 is 0 Å². The third kappa shape index (κ3) is 4.34. The number of halogens is 3. The lowest BCUT2D eigenvalue weighted by atomic mass is 10.2. The second kappa shape index (κ2) is 6.86. The number of aromatic nitrogens is 1. The number of alkyl halides is 3. The van der Waals surface area contributed by atoms with Gasteiger partial charge in [-0.15, -0.1) is 0 Å². The van der Waals surface area contributed by atoms with Gasteiger partial charge in [0.15, 0.2) is 5.75 Å². The number of nitrogens with zero attached hydrogens (tertiary/aromatic N) is 1. The number of carbonyl (C=O) groups excluding carboxylic acids is 1. The zero-order chi connectivity index (χ0) is 17.8. The molecule has 11 heteroatoms. The monoisotopic (exact) mass is 355 g/mol. The van der Waals surface area contributed by atoms with Crippen molar-refractivity contribution in [2.45, 2.75) is 12.4 Å². The van der Waals surface area contributed by atoms with E-state index in [0.29, 0.717) is 0 Å². The summed E-state index contributed by atoms with van der Waals surface area (Å²) in [6.45, 7) is 5.04. The summed E-state index contributed by atoms with van der Waals surface area (Å²) in [6, 6.07) is 1.76. The molecule has 0 N–H and O–H groups in total. The van der Waals surface area contributed by atoms with Crippen LogP contribution in [0.5, 0.6) is 5.75 Å². The second-order valence-corrected chi connectivity index (χ2v) is 5.41. The Bertz CT molecular complexity index is 714. The number of carbonyl (C=O) groups is 1. The number of esters is 1. The largest absolute Gasteiger partial charge is 0.534 e. The molecule has 0 spiro atoms. The molecule has 0 aromatic carbocycles. The zero-order valence-electron chi connectivity index (χ0n) is 12.0. The minimum atomic E-state index is -5.91. The maximum atomic E-state index is 12.4. The Morgan fingerprint density at radius 3 is 2.43 bits per heavy atom. The normalized spacial score (nSPS) is 11.7. The Morgan fingerprint density at radius 1 is 1.35 bits per heavy atom. The molecule has 0 saturated heterocycles. The number of hydrogen-bond donors (Lipinski definition) is 0. The first kappa shape index (κ1) is 18.7. The van der Waals surface area contributed by atoms with E-state index in [1.807, 2.05) is 0 Å². The van der Waals surface area contributed by atoms with Crippen molar-refractivity contribution in [3.05, 3.63) is 30.1 Å². The summed E-state index contributed by atoms with van der Waals surface area (Å²) in [5, 5.41) is 0. The fourth-order valence-corrected chi connectivity index (χ4v) is 1.81. The molecule has 0 aliphatic heterocycles. The highest BCUT2D eigenvalue weighted by Gasteiger charge is 2.49. The van der Waals surface area contributed by atoms with Crippen molar-refractivity contribution in [3.63, 3.8) is 0 Å². The first-order valence-corrected chi connectivity index (χ1v) is 7.36. The van der Waals surface area contributed by atoms with E-state index in [4.69, 9.17) is 4.74 Å². The van der Waals surface area contributed by atoms with E-state index in [2.05, 4.69) is 20.5 Å². The molecule has 0 unspecified atom stereocenters. The van der Waals surface area contributed by atoms with Crippen LogP contribution < -0.4 is 4.18 Å². The Morgan fingerprint density at radius 2 is 1.96 bits per heavy atom. The van der Waals surface area contributed by atoms with Crippen molar-refractivity contribution in [3.8, 4) is 5.75 Å². The standard InChI is InChI=1S/C12H12F3NO6S/c1-4-21-7(2)10-9(22-23(18,19)12(13,14)15)6-5-8(16-10)11(17)20-3/h5-6H,2,4H2,1,3H3. The maximum Gasteiger partial charge on any atom is 0.534 e. The molecule has 0 fully saturated rings. The van der Waals surface area contributed by atoms with Crippen LogP contribution >= 0.6 is 0 Å². The third-order valence-electron chi connectivity index (χ3n) is 2.32. The smallest absolute Gasteiger partial charge is 0.492 e. The van der Waals surface area contributed by atoms with Crippen molar-refractivity contribution in [2.75, 3.05) is 13.7 Å². The van der Waals surface area contributed by atoms with Gasteiger partial charge in [-0.05, 0) is 19.1 Å². The zero-order valence-corrected chi connectivity index (χ0v) is 12.8. The molecule has 7 nitrogen and oxygen atoms in total. The lowest BCUT2D eigenvalue weighted by Gasteiger charge is -2.14. The van der Waals surface area contributed by atoms with Crippen LogP contribution in [-0.4, -0.2) is 38.6 Å². The van der Waals surface area contributed by atoms with Crippen LogP contribution in [0.1, 0.15) is 23.1 Å². The third-order valence-corrected chi connectivity index (χ3v) is 3.28. The molecule has 1 aromatic heterocycles. The molecule has 0 aliphatic carbocycles. The Balaban J connectivity index is 3.37. The Hall–Kier alpha value is -2.30. The van der Waals surface area contributed by atoms with Crippen molar-refractivity contribution in [2.24, 2.45) is 0 Å². The predicted octanol–water partition coefficient (Wildman–Crippen LogP) is 2.10. The highest BCUT2D eigenvalue weighted by molar-refractivity contribution is 7.88. The lowest BCUT2D eigenvalue weighted by molar-refractivity contribution is -0.0500. The SMILES string of the molecule is C=C(OCC)c1nc(C(=O)OC)ccc1OS(=O)(=O)C(F)(F)F. The summed E-state index contributed by atoms with van der Waals surface area (Å²) in [6.07, 6.45) is 0. The molecule has 23 heavy (non-hydrogen) atoms. The van der Waals surface area contributed by atoms with Crippen LogP contribution in [0.2, 0.25) is 0 Å². The molecule has 0 aliphatic rings. The van der Waals surface area contributed by atoms with E-state index in [9.17, 15) is 26.4 Å². The maximum absolute atomic E-state index is 12.4. The van der Waals surface area contributed by atoms with Gasteiger partial charge in [0.1, 0.15) is 17.1 Å². The van der Waals surface area contributed by atoms with Crippen LogP contribution in [0, 0.1) is 0 Å². The first-order valence-electron chi connectivity index (χ1n) is 5.95. The molecule has 1 aromatic rings. The van der Waals surface area contributed by atoms with Crippen LogP contribution in [0.25, 0.3) is 5.76 Å². The molecule has 1 rings (SSSR count). The molecule has 0 atom stereocenters. The molecule has 0 bridgehead atoms. The molecular formula is C12H12F3NO6S. The van der Waals surface area contributed by atoms with E-state index in [-0.39, 0.29) is 18.1 Å². The predicted molar refractivity (Wildman–Crippen MR) is 71.8 cm³/mol. The summed E-state index contributed by atoms with van der Waals surface area (Å²) in [5.41, 5.74) is -6.39. The van der Waals surface area contributed by atoms with E-state index in [1.165, 1.54) is 0 Å². The summed E-state index contributed by atoms with van der Waals surface area (Å²) < 4.78 is 72.8. The van der Waals surface area contributed by atoms with Gasteiger partial charge in [0.25, 0.3) is 0 Å². The summed E-state index contributed by atoms with van der Waals surface area (Å²) in [5.74, 6) is -1.94. The lowest BCUT2D eigenvalue weighted by Crippen LogP contribution is -2.28. The topological polar surface area (TPSA) is 91.8 Å². The van der Waals surface area contributed by atoms with E-state index < -0.39 is 33.0 Å². The van der Waals surface area contributed by atoms with Crippen LogP contribution in [0.3, 0.4) is 0 Å². The number of methoxy groups -OCH3 is 1. The fraction of sp³-hybridized carbons (Fsp3) is 0.333. The summed E-state index contributed by atoms with van der Waals surface area (Å²) in [4.78, 5) is 15.1. The average molecular weight is 355 g/mol. The fourth-order valence-electron chi connectivity index (χ4n) is 1.34. The van der Waals surface area contributed by atoms with Gasteiger partial charge in [-0.25, -0.2) is 9.78 Å². The van der Waals surface area contributed by atoms with Gasteiger partial charge in [0.05, 0.1) is 13.7 Å². The number of pyridine rings is 1. The van der Waals surface area contributed by atoms with Gasteiger partial charge in [-0.2, -0.15) is 21.6 Å².